The number of pyridine rings is 2. The van der Waals surface area contributed by atoms with Crippen LogP contribution in [0, 0.1) is 20.8 Å². The van der Waals surface area contributed by atoms with Crippen LogP contribution in [-0.2, 0) is 16.1 Å². The van der Waals surface area contributed by atoms with E-state index in [9.17, 15) is 14.4 Å². The lowest BCUT2D eigenvalue weighted by molar-refractivity contribution is -0.116. The number of anilines is 1. The summed E-state index contributed by atoms with van der Waals surface area (Å²) >= 11 is 0. The molecular formula is C22H23N3O4. The van der Waals surface area contributed by atoms with E-state index in [1.807, 2.05) is 32.0 Å². The maximum Gasteiger partial charge on any atom is 0.343 e. The number of hydrogen-bond donors (Lipinski definition) is 1. The van der Waals surface area contributed by atoms with Gasteiger partial charge in [-0.05, 0) is 51.5 Å². The van der Waals surface area contributed by atoms with Crippen molar-refractivity contribution in [1.82, 2.24) is 9.55 Å². The van der Waals surface area contributed by atoms with Crippen molar-refractivity contribution in [3.8, 4) is 0 Å². The Morgan fingerprint density at radius 1 is 1.14 bits per heavy atom. The molecule has 150 valence electrons. The van der Waals surface area contributed by atoms with Gasteiger partial charge in [-0.2, -0.15) is 0 Å². The smallest absolute Gasteiger partial charge is 0.343 e. The molecule has 0 aliphatic carbocycles. The number of nitrogens with one attached hydrogen (secondary N) is 1. The summed E-state index contributed by atoms with van der Waals surface area (Å²) < 4.78 is 6.50. The molecule has 0 bridgehead atoms. The van der Waals surface area contributed by atoms with Gasteiger partial charge < -0.3 is 14.6 Å². The number of benzene rings is 1. The Kier molecular flexibility index (Phi) is 5.77. The number of carbonyl (C=O) groups is 2. The van der Waals surface area contributed by atoms with Gasteiger partial charge in [-0.3, -0.25) is 9.59 Å². The molecule has 1 N–H and O–H groups in total. The van der Waals surface area contributed by atoms with Gasteiger partial charge in [-0.15, -0.1) is 0 Å². The number of nitrogens with zero attached hydrogens (tertiary/aromatic N) is 2. The number of amides is 1. The molecule has 2 heterocycles. The van der Waals surface area contributed by atoms with Crippen LogP contribution in [0.1, 0.15) is 34.1 Å². The molecule has 0 aliphatic heterocycles. The fourth-order valence-electron chi connectivity index (χ4n) is 3.13. The van der Waals surface area contributed by atoms with Gasteiger partial charge in [-0.25, -0.2) is 9.78 Å². The first-order chi connectivity index (χ1) is 13.8. The Morgan fingerprint density at radius 2 is 1.90 bits per heavy atom. The van der Waals surface area contributed by atoms with Crippen molar-refractivity contribution in [3.05, 3.63) is 69.1 Å². The minimum absolute atomic E-state index is 0.104. The maximum absolute atomic E-state index is 12.7. The van der Waals surface area contributed by atoms with E-state index in [0.29, 0.717) is 17.0 Å². The van der Waals surface area contributed by atoms with Crippen molar-refractivity contribution >= 4 is 28.6 Å². The molecule has 7 nitrogen and oxygen atoms in total. The van der Waals surface area contributed by atoms with Gasteiger partial charge >= 0.3 is 5.97 Å². The molecular weight excluding hydrogens is 370 g/mol. The maximum atomic E-state index is 12.7. The summed E-state index contributed by atoms with van der Waals surface area (Å²) in [4.78, 5) is 42.0. The lowest BCUT2D eigenvalue weighted by Crippen LogP contribution is -2.25. The predicted molar refractivity (Wildman–Crippen MR) is 111 cm³/mol. The van der Waals surface area contributed by atoms with Gasteiger partial charge in [0.25, 0.3) is 0 Å². The van der Waals surface area contributed by atoms with Crippen LogP contribution in [0.5, 0.6) is 0 Å². The third-order valence-electron chi connectivity index (χ3n) is 4.53. The third kappa shape index (κ3) is 4.34. The molecule has 2 aromatic heterocycles. The minimum Gasteiger partial charge on any atom is -0.462 e. The number of rotatable bonds is 5. The summed E-state index contributed by atoms with van der Waals surface area (Å²) in [7, 11) is 0. The molecule has 3 rings (SSSR count). The number of ether oxygens (including phenoxy) is 1. The topological polar surface area (TPSA) is 90.3 Å². The Balaban J connectivity index is 2.01. The number of aryl methyl sites for hydroxylation is 3. The standard InChI is InChI=1S/C22H23N3O4/c1-5-29-22(28)17-11-25(21-16(20(17)27)8-7-15(4)23-21)12-19(26)24-18-9-6-13(2)10-14(18)3/h6-11H,5,12H2,1-4H3,(H,24,26). The minimum atomic E-state index is -0.719. The predicted octanol–water partition coefficient (Wildman–Crippen LogP) is 3.14. The normalized spacial score (nSPS) is 10.8. The van der Waals surface area contributed by atoms with Crippen molar-refractivity contribution in [1.29, 1.82) is 0 Å². The highest BCUT2D eigenvalue weighted by atomic mass is 16.5. The zero-order valence-electron chi connectivity index (χ0n) is 16.9. The zero-order chi connectivity index (χ0) is 21.1. The first kappa shape index (κ1) is 20.3. The molecule has 0 spiro atoms. The SMILES string of the molecule is CCOC(=O)c1cn(CC(=O)Nc2ccc(C)cc2C)c2nc(C)ccc2c1=O. The average Bonchev–Trinajstić information content (AvgIpc) is 2.66. The van der Waals surface area contributed by atoms with Gasteiger partial charge in [0.2, 0.25) is 11.3 Å². The Morgan fingerprint density at radius 3 is 2.59 bits per heavy atom. The highest BCUT2D eigenvalue weighted by Gasteiger charge is 2.18. The van der Waals surface area contributed by atoms with Crippen LogP contribution in [-0.4, -0.2) is 28.0 Å². The monoisotopic (exact) mass is 393 g/mol. The Bertz CT molecular complexity index is 1160. The van der Waals surface area contributed by atoms with Crippen molar-refractivity contribution in [2.45, 2.75) is 34.2 Å². The Labute approximate surface area is 168 Å². The van der Waals surface area contributed by atoms with Gasteiger partial charge in [0, 0.05) is 17.6 Å². The average molecular weight is 393 g/mol. The molecule has 0 aliphatic rings. The van der Waals surface area contributed by atoms with E-state index in [0.717, 1.165) is 11.1 Å². The van der Waals surface area contributed by atoms with Crippen molar-refractivity contribution in [2.24, 2.45) is 0 Å². The number of esters is 1. The lowest BCUT2D eigenvalue weighted by atomic mass is 10.1. The van der Waals surface area contributed by atoms with Gasteiger partial charge in [0.15, 0.2) is 0 Å². The largest absolute Gasteiger partial charge is 0.462 e. The van der Waals surface area contributed by atoms with E-state index >= 15 is 0 Å². The van der Waals surface area contributed by atoms with E-state index in [1.165, 1.54) is 10.8 Å². The zero-order valence-corrected chi connectivity index (χ0v) is 16.9. The molecule has 0 unspecified atom stereocenters. The summed E-state index contributed by atoms with van der Waals surface area (Å²) in [6.07, 6.45) is 1.34. The lowest BCUT2D eigenvalue weighted by Gasteiger charge is -2.14. The van der Waals surface area contributed by atoms with Crippen LogP contribution < -0.4 is 10.7 Å². The molecule has 1 aromatic carbocycles. The van der Waals surface area contributed by atoms with Crippen LogP contribution in [0.25, 0.3) is 11.0 Å². The highest BCUT2D eigenvalue weighted by Crippen LogP contribution is 2.17. The number of carbonyl (C=O) groups excluding carboxylic acids is 2. The van der Waals surface area contributed by atoms with Crippen molar-refractivity contribution < 1.29 is 14.3 Å². The van der Waals surface area contributed by atoms with Crippen LogP contribution >= 0.6 is 0 Å². The number of fused-ring (bicyclic) bond motifs is 1. The van der Waals surface area contributed by atoms with Crippen LogP contribution in [0.3, 0.4) is 0 Å². The molecule has 0 saturated heterocycles. The van der Waals surface area contributed by atoms with Gasteiger partial charge in [0.1, 0.15) is 17.8 Å². The molecule has 0 atom stereocenters. The fraction of sp³-hybridized carbons (Fsp3) is 0.273. The van der Waals surface area contributed by atoms with Gasteiger partial charge in [0.05, 0.1) is 12.0 Å². The second kappa shape index (κ2) is 8.26. The second-order valence-corrected chi connectivity index (χ2v) is 6.91. The molecule has 1 amide bonds. The fourth-order valence-corrected chi connectivity index (χ4v) is 3.13. The van der Waals surface area contributed by atoms with Crippen molar-refractivity contribution in [2.75, 3.05) is 11.9 Å². The summed E-state index contributed by atoms with van der Waals surface area (Å²) in [5.74, 6) is -1.01. The van der Waals surface area contributed by atoms with E-state index in [-0.39, 0.29) is 30.0 Å². The molecule has 3 aromatic rings. The number of hydrogen-bond acceptors (Lipinski definition) is 5. The summed E-state index contributed by atoms with van der Waals surface area (Å²) in [6.45, 7) is 7.41. The second-order valence-electron chi connectivity index (χ2n) is 6.91. The molecule has 29 heavy (non-hydrogen) atoms. The summed E-state index contributed by atoms with van der Waals surface area (Å²) in [6, 6.07) is 9.05. The van der Waals surface area contributed by atoms with E-state index < -0.39 is 11.4 Å². The quantitative estimate of drug-likeness (QED) is 0.673. The number of aromatic nitrogens is 2. The molecule has 0 saturated carbocycles. The molecule has 7 heteroatoms. The third-order valence-corrected chi connectivity index (χ3v) is 4.53. The summed E-state index contributed by atoms with van der Waals surface area (Å²) in [5.41, 5.74) is 3.22. The highest BCUT2D eigenvalue weighted by molar-refractivity contribution is 5.95. The molecule has 0 radical (unpaired) electrons. The van der Waals surface area contributed by atoms with E-state index in [4.69, 9.17) is 4.74 Å². The molecule has 0 fully saturated rings. The van der Waals surface area contributed by atoms with Crippen molar-refractivity contribution in [3.63, 3.8) is 0 Å². The Hall–Kier alpha value is -3.48. The van der Waals surface area contributed by atoms with Crippen LogP contribution in [0.2, 0.25) is 0 Å². The van der Waals surface area contributed by atoms with Gasteiger partial charge in [-0.1, -0.05) is 17.7 Å². The van der Waals surface area contributed by atoms with Crippen LogP contribution in [0.15, 0.2) is 41.3 Å². The first-order valence-corrected chi connectivity index (χ1v) is 9.35. The summed E-state index contributed by atoms with van der Waals surface area (Å²) in [5, 5.41) is 3.14. The first-order valence-electron chi connectivity index (χ1n) is 9.35. The van der Waals surface area contributed by atoms with E-state index in [2.05, 4.69) is 10.3 Å². The van der Waals surface area contributed by atoms with Crippen LogP contribution in [0.4, 0.5) is 5.69 Å². The van der Waals surface area contributed by atoms with E-state index in [1.54, 1.807) is 26.0 Å².